The number of nitrogens with one attached hydrogen (secondary N) is 1. The lowest BCUT2D eigenvalue weighted by molar-refractivity contribution is 0.0202. The molecule has 1 atom stereocenters. The summed E-state index contributed by atoms with van der Waals surface area (Å²) >= 11 is 0. The first kappa shape index (κ1) is 29.9. The molecule has 2 heterocycles. The van der Waals surface area contributed by atoms with Gasteiger partial charge in [-0.3, -0.25) is 14.2 Å². The number of aromatic nitrogens is 2. The summed E-state index contributed by atoms with van der Waals surface area (Å²) in [4.78, 5) is 44.0. The fourth-order valence-corrected chi connectivity index (χ4v) is 3.62. The maximum atomic E-state index is 13.1. The first-order valence-corrected chi connectivity index (χ1v) is 10.8. The number of carbonyl (C=O) groups is 2. The molecule has 1 aromatic heterocycles. The van der Waals surface area contributed by atoms with Crippen LogP contribution < -0.4 is 10.9 Å². The molecule has 2 amide bonds. The maximum absolute atomic E-state index is 13.1. The smallest absolute Gasteiger partial charge is 0.410 e. The first-order valence-electron chi connectivity index (χ1n) is 10.8. The van der Waals surface area contributed by atoms with Gasteiger partial charge in [0.2, 0.25) is 5.75 Å². The van der Waals surface area contributed by atoms with Gasteiger partial charge in [-0.1, -0.05) is 19.6 Å². The van der Waals surface area contributed by atoms with Gasteiger partial charge >= 0.3 is 6.09 Å². The van der Waals surface area contributed by atoms with Gasteiger partial charge in [-0.2, -0.15) is 0 Å². The van der Waals surface area contributed by atoms with E-state index in [0.717, 1.165) is 0 Å². The molecule has 1 aromatic carbocycles. The van der Waals surface area contributed by atoms with Crippen molar-refractivity contribution in [2.24, 2.45) is 0 Å². The summed E-state index contributed by atoms with van der Waals surface area (Å²) in [5.74, 6) is -1.69. The van der Waals surface area contributed by atoms with Crippen molar-refractivity contribution >= 4 is 24.4 Å². The lowest BCUT2D eigenvalue weighted by atomic mass is 10.1. The van der Waals surface area contributed by atoms with Crippen LogP contribution in [-0.4, -0.2) is 44.2 Å². The van der Waals surface area contributed by atoms with Gasteiger partial charge in [-0.25, -0.2) is 14.2 Å². The van der Waals surface area contributed by atoms with E-state index in [2.05, 4.69) is 10.3 Å². The third-order valence-corrected chi connectivity index (χ3v) is 5.31. The van der Waals surface area contributed by atoms with Crippen molar-refractivity contribution in [1.82, 2.24) is 19.8 Å². The molecule has 0 aliphatic carbocycles. The minimum atomic E-state index is -0.754. The number of fused-ring (bicyclic) bond motifs is 1. The van der Waals surface area contributed by atoms with Crippen molar-refractivity contribution in [2.75, 3.05) is 7.05 Å². The third-order valence-electron chi connectivity index (χ3n) is 5.31. The molecule has 35 heavy (non-hydrogen) atoms. The molecule has 1 aliphatic heterocycles. The predicted octanol–water partition coefficient (Wildman–Crippen LogP) is 4.17. The third kappa shape index (κ3) is 7.17. The molecule has 2 N–H and O–H groups in total. The van der Waals surface area contributed by atoms with Gasteiger partial charge < -0.3 is 20.1 Å². The molecule has 1 aliphatic rings. The van der Waals surface area contributed by atoms with Crippen LogP contribution in [0.4, 0.5) is 9.18 Å². The summed E-state index contributed by atoms with van der Waals surface area (Å²) in [6, 6.07) is 4.95. The van der Waals surface area contributed by atoms with Crippen LogP contribution in [0.3, 0.4) is 0 Å². The average molecular weight is 513 g/mol. The van der Waals surface area contributed by atoms with Gasteiger partial charge in [0.15, 0.2) is 5.69 Å². The Morgan fingerprint density at radius 3 is 2.49 bits per heavy atom. The van der Waals surface area contributed by atoms with Crippen molar-refractivity contribution in [3.63, 3.8) is 0 Å². The van der Waals surface area contributed by atoms with Crippen LogP contribution in [0, 0.1) is 5.82 Å². The topological polar surface area (TPSA) is 114 Å². The highest BCUT2D eigenvalue weighted by molar-refractivity contribution is 5.94. The molecule has 0 saturated heterocycles. The second-order valence-corrected chi connectivity index (χ2v) is 9.04. The number of aromatic hydroxyl groups is 1. The van der Waals surface area contributed by atoms with Crippen molar-refractivity contribution in [1.29, 1.82) is 0 Å². The van der Waals surface area contributed by atoms with Crippen molar-refractivity contribution in [3.8, 4) is 5.75 Å². The van der Waals surface area contributed by atoms with Gasteiger partial charge in [0, 0.05) is 20.1 Å². The Hall–Kier alpha value is -3.14. The van der Waals surface area contributed by atoms with E-state index in [1.807, 2.05) is 0 Å². The Bertz CT molecular complexity index is 1100. The molecule has 0 bridgehead atoms. The standard InChI is InChI=1S/C23H29FN4O5.CH4.ClH/c1-23(2,3)33-22(32)27(4)16-7-5-6-12-28-19(16)26-17(18(29)21(28)31)20(30)25-13-14-8-10-15(24)11-9-14;;/h8-11,16,29H,5-7,12-13H2,1-4H3,(H,25,30);1H4;1H. The molecule has 3 rings (SSSR count). The Labute approximate surface area is 210 Å². The highest BCUT2D eigenvalue weighted by Crippen LogP contribution is 2.29. The number of nitrogens with zero attached hydrogens (tertiary/aromatic N) is 3. The monoisotopic (exact) mass is 512 g/mol. The van der Waals surface area contributed by atoms with Crippen LogP contribution in [-0.2, 0) is 17.8 Å². The second kappa shape index (κ2) is 12.0. The van der Waals surface area contributed by atoms with E-state index < -0.39 is 46.5 Å². The Balaban J connectivity index is 0.00000306. The lowest BCUT2D eigenvalue weighted by Gasteiger charge is -2.30. The molecule has 0 saturated carbocycles. The van der Waals surface area contributed by atoms with Crippen molar-refractivity contribution in [2.45, 2.75) is 72.2 Å². The summed E-state index contributed by atoms with van der Waals surface area (Å²) in [6.07, 6.45) is 1.31. The first-order chi connectivity index (χ1) is 15.5. The number of halogens is 2. The average Bonchev–Trinajstić information content (AvgIpc) is 2.96. The molecule has 11 heteroatoms. The summed E-state index contributed by atoms with van der Waals surface area (Å²) in [7, 11) is 1.56. The lowest BCUT2D eigenvalue weighted by Crippen LogP contribution is -2.39. The zero-order valence-corrected chi connectivity index (χ0v) is 20.4. The van der Waals surface area contributed by atoms with Crippen molar-refractivity contribution < 1.29 is 23.8 Å². The largest absolute Gasteiger partial charge is 0.501 e. The van der Waals surface area contributed by atoms with E-state index in [1.165, 1.54) is 33.7 Å². The number of hydrogen-bond donors (Lipinski definition) is 2. The van der Waals surface area contributed by atoms with E-state index in [-0.39, 0.29) is 32.2 Å². The molecule has 0 radical (unpaired) electrons. The number of hydrogen-bond acceptors (Lipinski definition) is 6. The highest BCUT2D eigenvalue weighted by Gasteiger charge is 2.33. The minimum absolute atomic E-state index is 0. The van der Waals surface area contributed by atoms with Gasteiger partial charge in [0.1, 0.15) is 17.2 Å². The Morgan fingerprint density at radius 1 is 1.26 bits per heavy atom. The van der Waals surface area contributed by atoms with Crippen LogP contribution in [0.5, 0.6) is 5.75 Å². The van der Waals surface area contributed by atoms with E-state index in [4.69, 9.17) is 4.74 Å². The summed E-state index contributed by atoms with van der Waals surface area (Å²) < 4.78 is 19.8. The van der Waals surface area contributed by atoms with E-state index in [9.17, 15) is 23.9 Å². The number of ether oxygens (including phenoxy) is 1. The molecule has 0 fully saturated rings. The van der Waals surface area contributed by atoms with Crippen LogP contribution in [0.1, 0.15) is 75.4 Å². The van der Waals surface area contributed by atoms with Gasteiger partial charge in [-0.05, 0) is 57.7 Å². The molecular weight excluding hydrogens is 479 g/mol. The fourth-order valence-electron chi connectivity index (χ4n) is 3.62. The SMILES string of the molecule is C.CN(C(=O)OC(C)(C)C)C1CCCCn2c1nc(C(=O)NCc1ccc(F)cc1)c(O)c2=O.Cl. The minimum Gasteiger partial charge on any atom is -0.501 e. The zero-order chi connectivity index (χ0) is 24.3. The van der Waals surface area contributed by atoms with Crippen LogP contribution in [0.2, 0.25) is 0 Å². The predicted molar refractivity (Wildman–Crippen MR) is 132 cm³/mol. The van der Waals surface area contributed by atoms with E-state index in [1.54, 1.807) is 27.8 Å². The summed E-state index contributed by atoms with van der Waals surface area (Å²) in [6.45, 7) is 5.63. The van der Waals surface area contributed by atoms with Gasteiger partial charge in [-0.15, -0.1) is 12.4 Å². The Kier molecular flexibility index (Phi) is 10.3. The van der Waals surface area contributed by atoms with E-state index >= 15 is 0 Å². The highest BCUT2D eigenvalue weighted by atomic mass is 35.5. The number of rotatable bonds is 4. The number of amides is 2. The quantitative estimate of drug-likeness (QED) is 0.635. The normalized spacial score (nSPS) is 14.9. The number of benzene rings is 1. The Morgan fingerprint density at radius 2 is 1.89 bits per heavy atom. The molecule has 1 unspecified atom stereocenters. The van der Waals surface area contributed by atoms with Gasteiger partial charge in [0.05, 0.1) is 6.04 Å². The molecule has 194 valence electrons. The van der Waals surface area contributed by atoms with E-state index in [0.29, 0.717) is 31.4 Å². The fraction of sp³-hybridized carbons (Fsp3) is 0.500. The molecule has 0 spiro atoms. The number of carbonyl (C=O) groups excluding carboxylic acids is 2. The maximum Gasteiger partial charge on any atom is 0.410 e. The molecule has 2 aromatic rings. The summed E-state index contributed by atoms with van der Waals surface area (Å²) in [5, 5.41) is 13.0. The molecular formula is C24H34ClFN4O5. The van der Waals surface area contributed by atoms with Crippen LogP contribution in [0.25, 0.3) is 0 Å². The van der Waals surface area contributed by atoms with Crippen LogP contribution in [0.15, 0.2) is 29.1 Å². The zero-order valence-electron chi connectivity index (χ0n) is 19.6. The summed E-state index contributed by atoms with van der Waals surface area (Å²) in [5.41, 5.74) is -1.23. The second-order valence-electron chi connectivity index (χ2n) is 9.04. The van der Waals surface area contributed by atoms with Gasteiger partial charge in [0.25, 0.3) is 11.5 Å². The van der Waals surface area contributed by atoms with Crippen molar-refractivity contribution in [3.05, 3.63) is 57.5 Å². The molecule has 9 nitrogen and oxygen atoms in total. The van der Waals surface area contributed by atoms with Crippen LogP contribution >= 0.6 is 12.4 Å².